The van der Waals surface area contributed by atoms with Crippen LogP contribution in [0.5, 0.6) is 0 Å². The van der Waals surface area contributed by atoms with Crippen LogP contribution in [-0.4, -0.2) is 25.6 Å². The van der Waals surface area contributed by atoms with E-state index in [4.69, 9.17) is 4.99 Å². The van der Waals surface area contributed by atoms with E-state index in [9.17, 15) is 4.39 Å². The van der Waals surface area contributed by atoms with Gasteiger partial charge >= 0.3 is 0 Å². The fourth-order valence-electron chi connectivity index (χ4n) is 3.11. The van der Waals surface area contributed by atoms with E-state index in [1.54, 1.807) is 0 Å². The van der Waals surface area contributed by atoms with Crippen molar-refractivity contribution in [3.8, 4) is 0 Å². The van der Waals surface area contributed by atoms with E-state index in [1.165, 1.54) is 37.8 Å². The van der Waals surface area contributed by atoms with Gasteiger partial charge in [0, 0.05) is 19.6 Å². The Bertz CT molecular complexity index is 522. The van der Waals surface area contributed by atoms with Crippen LogP contribution >= 0.6 is 24.0 Å². The smallest absolute Gasteiger partial charge is 0.191 e. The predicted molar refractivity (Wildman–Crippen MR) is 104 cm³/mol. The number of nitrogens with one attached hydrogen (secondary N) is 2. The quantitative estimate of drug-likeness (QED) is 0.392. The molecule has 128 valence electrons. The Labute approximate surface area is 155 Å². The summed E-state index contributed by atoms with van der Waals surface area (Å²) in [5.74, 6) is 1.68. The number of guanidine groups is 1. The molecule has 0 radical (unpaired) electrons. The van der Waals surface area contributed by atoms with E-state index in [1.807, 2.05) is 12.1 Å². The van der Waals surface area contributed by atoms with Crippen LogP contribution in [-0.2, 0) is 6.42 Å². The van der Waals surface area contributed by atoms with Gasteiger partial charge < -0.3 is 10.6 Å². The summed E-state index contributed by atoms with van der Waals surface area (Å²) in [6, 6.07) is 6.71. The Morgan fingerprint density at radius 3 is 2.48 bits per heavy atom. The minimum atomic E-state index is -0.179. The summed E-state index contributed by atoms with van der Waals surface area (Å²) in [5, 5.41) is 6.71. The fourth-order valence-corrected chi connectivity index (χ4v) is 3.11. The van der Waals surface area contributed by atoms with E-state index in [0.29, 0.717) is 5.41 Å². The number of hydrogen-bond donors (Lipinski definition) is 2. The lowest BCUT2D eigenvalue weighted by molar-refractivity contribution is 0.452. The highest BCUT2D eigenvalue weighted by molar-refractivity contribution is 14.0. The average molecular weight is 431 g/mol. The third kappa shape index (κ3) is 5.33. The highest BCUT2D eigenvalue weighted by atomic mass is 127. The monoisotopic (exact) mass is 431 g/mol. The molecule has 1 aromatic rings. The summed E-state index contributed by atoms with van der Waals surface area (Å²) in [6.07, 6.45) is 6.40. The number of benzene rings is 1. The van der Waals surface area contributed by atoms with Gasteiger partial charge in [-0.15, -0.1) is 24.0 Å². The first-order chi connectivity index (χ1) is 10.7. The number of rotatable bonds is 7. The minimum Gasteiger partial charge on any atom is -0.357 e. The standard InChI is InChI=1S/C18H26FN3.HI/c1-2-20-17(22-13-18(10-11-18)15-5-6-15)21-12-9-14-3-7-16(19)8-4-14;/h3-4,7-8,15H,2,5-6,9-13H2,1H3,(H2,20,21,22);1H. The molecule has 0 atom stereocenters. The topological polar surface area (TPSA) is 36.4 Å². The van der Waals surface area contributed by atoms with Crippen LogP contribution in [0.2, 0.25) is 0 Å². The van der Waals surface area contributed by atoms with Crippen LogP contribution in [0.3, 0.4) is 0 Å². The van der Waals surface area contributed by atoms with Gasteiger partial charge in [0.05, 0.1) is 0 Å². The van der Waals surface area contributed by atoms with Crippen LogP contribution in [0.1, 0.15) is 38.2 Å². The average Bonchev–Trinajstić information content (AvgIpc) is 3.38. The fraction of sp³-hybridized carbons (Fsp3) is 0.611. The molecule has 0 saturated heterocycles. The zero-order valence-electron chi connectivity index (χ0n) is 13.8. The molecule has 0 unspecified atom stereocenters. The molecule has 0 heterocycles. The molecule has 5 heteroatoms. The van der Waals surface area contributed by atoms with Crippen molar-refractivity contribution >= 4 is 29.9 Å². The summed E-state index contributed by atoms with van der Waals surface area (Å²) in [5.41, 5.74) is 1.68. The molecule has 0 spiro atoms. The zero-order valence-corrected chi connectivity index (χ0v) is 16.1. The number of nitrogens with zero attached hydrogens (tertiary/aromatic N) is 1. The van der Waals surface area contributed by atoms with Gasteiger partial charge in [-0.1, -0.05) is 12.1 Å². The molecule has 0 aromatic heterocycles. The Hall–Kier alpha value is -0.850. The lowest BCUT2D eigenvalue weighted by atomic mass is 10.0. The van der Waals surface area contributed by atoms with Crippen LogP contribution in [0.15, 0.2) is 29.3 Å². The molecule has 2 aliphatic carbocycles. The second-order valence-corrected chi connectivity index (χ2v) is 6.64. The molecular formula is C18H27FIN3. The van der Waals surface area contributed by atoms with Crippen molar-refractivity contribution in [2.24, 2.45) is 16.3 Å². The lowest BCUT2D eigenvalue weighted by Gasteiger charge is -2.15. The molecule has 0 amide bonds. The van der Waals surface area contributed by atoms with Crippen molar-refractivity contribution in [2.75, 3.05) is 19.6 Å². The first-order valence-electron chi connectivity index (χ1n) is 8.48. The van der Waals surface area contributed by atoms with Crippen LogP contribution < -0.4 is 10.6 Å². The third-order valence-corrected chi connectivity index (χ3v) is 4.85. The van der Waals surface area contributed by atoms with E-state index in [0.717, 1.165) is 43.5 Å². The summed E-state index contributed by atoms with van der Waals surface area (Å²) < 4.78 is 12.9. The van der Waals surface area contributed by atoms with Crippen molar-refractivity contribution in [1.82, 2.24) is 10.6 Å². The number of halogens is 2. The van der Waals surface area contributed by atoms with Crippen molar-refractivity contribution in [3.05, 3.63) is 35.6 Å². The van der Waals surface area contributed by atoms with Gasteiger partial charge in [-0.05, 0) is 68.1 Å². The number of aliphatic imine (C=N–C) groups is 1. The van der Waals surface area contributed by atoms with Gasteiger partial charge in [0.1, 0.15) is 5.82 Å². The largest absolute Gasteiger partial charge is 0.357 e. The molecular weight excluding hydrogens is 404 g/mol. The second-order valence-electron chi connectivity index (χ2n) is 6.64. The van der Waals surface area contributed by atoms with Gasteiger partial charge in [-0.2, -0.15) is 0 Å². The molecule has 2 aliphatic rings. The molecule has 0 bridgehead atoms. The van der Waals surface area contributed by atoms with Crippen molar-refractivity contribution in [3.63, 3.8) is 0 Å². The van der Waals surface area contributed by atoms with Gasteiger partial charge in [0.25, 0.3) is 0 Å². The Balaban J connectivity index is 0.00000192. The maximum atomic E-state index is 12.9. The van der Waals surface area contributed by atoms with E-state index in [-0.39, 0.29) is 29.8 Å². The molecule has 2 fully saturated rings. The first-order valence-corrected chi connectivity index (χ1v) is 8.48. The van der Waals surface area contributed by atoms with Gasteiger partial charge in [0.15, 0.2) is 5.96 Å². The second kappa shape index (κ2) is 8.31. The lowest BCUT2D eigenvalue weighted by Crippen LogP contribution is -2.38. The summed E-state index contributed by atoms with van der Waals surface area (Å²) >= 11 is 0. The van der Waals surface area contributed by atoms with E-state index < -0.39 is 0 Å². The number of hydrogen-bond acceptors (Lipinski definition) is 1. The van der Waals surface area contributed by atoms with Crippen molar-refractivity contribution in [1.29, 1.82) is 0 Å². The van der Waals surface area contributed by atoms with E-state index >= 15 is 0 Å². The molecule has 3 nitrogen and oxygen atoms in total. The molecule has 23 heavy (non-hydrogen) atoms. The molecule has 0 aliphatic heterocycles. The third-order valence-electron chi connectivity index (χ3n) is 4.85. The normalized spacial score (nSPS) is 19.0. The van der Waals surface area contributed by atoms with Gasteiger partial charge in [-0.3, -0.25) is 4.99 Å². The highest BCUT2D eigenvalue weighted by Crippen LogP contribution is 2.61. The maximum Gasteiger partial charge on any atom is 0.191 e. The summed E-state index contributed by atoms with van der Waals surface area (Å²) in [4.78, 5) is 4.79. The SMILES string of the molecule is CCNC(=NCC1(C2CC2)CC1)NCCc1ccc(F)cc1.I. The van der Waals surface area contributed by atoms with Crippen LogP contribution in [0.25, 0.3) is 0 Å². The predicted octanol–water partition coefficient (Wildman–Crippen LogP) is 3.73. The summed E-state index contributed by atoms with van der Waals surface area (Å²) in [7, 11) is 0. The Morgan fingerprint density at radius 1 is 1.22 bits per heavy atom. The molecule has 2 N–H and O–H groups in total. The highest BCUT2D eigenvalue weighted by Gasteiger charge is 2.53. The Kier molecular flexibility index (Phi) is 6.68. The first kappa shape index (κ1) is 18.5. The molecule has 3 rings (SSSR count). The van der Waals surface area contributed by atoms with Crippen LogP contribution in [0, 0.1) is 17.2 Å². The molecule has 1 aromatic carbocycles. The van der Waals surface area contributed by atoms with Gasteiger partial charge in [0.2, 0.25) is 0 Å². The van der Waals surface area contributed by atoms with Crippen molar-refractivity contribution in [2.45, 2.75) is 39.0 Å². The van der Waals surface area contributed by atoms with E-state index in [2.05, 4.69) is 17.6 Å². The minimum absolute atomic E-state index is 0. The van der Waals surface area contributed by atoms with Crippen molar-refractivity contribution < 1.29 is 4.39 Å². The maximum absolute atomic E-state index is 12.9. The summed E-state index contributed by atoms with van der Waals surface area (Å²) in [6.45, 7) is 4.74. The van der Waals surface area contributed by atoms with Gasteiger partial charge in [-0.25, -0.2) is 4.39 Å². The Morgan fingerprint density at radius 2 is 1.91 bits per heavy atom. The van der Waals surface area contributed by atoms with Crippen LogP contribution in [0.4, 0.5) is 4.39 Å². The molecule has 2 saturated carbocycles. The zero-order chi connectivity index (χ0) is 15.4.